The molecule has 0 fully saturated rings. The van der Waals surface area contributed by atoms with Gasteiger partial charge in [0.2, 0.25) is 0 Å². The van der Waals surface area contributed by atoms with Crippen LogP contribution < -0.4 is 0 Å². The highest BCUT2D eigenvalue weighted by molar-refractivity contribution is 9.10. The van der Waals surface area contributed by atoms with Gasteiger partial charge in [-0.3, -0.25) is 4.98 Å². The van der Waals surface area contributed by atoms with Crippen molar-refractivity contribution in [2.24, 2.45) is 0 Å². The lowest BCUT2D eigenvalue weighted by molar-refractivity contribution is 1.03. The van der Waals surface area contributed by atoms with E-state index in [0.29, 0.717) is 0 Å². The molecule has 2 heterocycles. The molecule has 0 unspecified atom stereocenters. The van der Waals surface area contributed by atoms with Crippen molar-refractivity contribution in [2.75, 3.05) is 0 Å². The van der Waals surface area contributed by atoms with Crippen molar-refractivity contribution in [2.45, 2.75) is 6.85 Å². The Bertz CT molecular complexity index is 723. The van der Waals surface area contributed by atoms with E-state index in [1.807, 2.05) is 0 Å². The minimum atomic E-state index is -2.74. The monoisotopic (exact) mass is 245 g/mol. The molecule has 2 rings (SSSR count). The zero-order valence-corrected chi connectivity index (χ0v) is 7.81. The number of imidazole rings is 1. The smallest absolute Gasteiger partial charge is 0.124 e. The molecule has 3 nitrogen and oxygen atoms in total. The second-order valence-corrected chi connectivity index (χ2v) is 2.87. The molecule has 13 heavy (non-hydrogen) atoms. The maximum atomic E-state index is 7.92. The summed E-state index contributed by atoms with van der Waals surface area (Å²) in [5.41, 5.74) is -1.02. The van der Waals surface area contributed by atoms with E-state index in [1.165, 1.54) is 0 Å². The number of hydrogen-bond acceptors (Lipinski definition) is 2. The topological polar surface area (TPSA) is 30.7 Å². The number of halogens is 1. The van der Waals surface area contributed by atoms with Gasteiger partial charge >= 0.3 is 0 Å². The average molecular weight is 246 g/mol. The summed E-state index contributed by atoms with van der Waals surface area (Å²) in [6, 6.07) is -1.16. The summed E-state index contributed by atoms with van der Waals surface area (Å²) >= 11 is 2.95. The standard InChI is InChI=1S/C9H8BrN3/c1-7-4-8(2-3-11-7)13-5-9(10)12-6-13/h2-6H,1H3/i1D3,2D,3D,4D,5D,6D. The second kappa shape index (κ2) is 3.30. The first-order valence-corrected chi connectivity index (χ1v) is 4.05. The normalized spacial score (nSPS) is 20.1. The van der Waals surface area contributed by atoms with Crippen molar-refractivity contribution in [3.8, 4) is 5.69 Å². The number of pyridine rings is 1. The predicted molar refractivity (Wildman–Crippen MR) is 53.8 cm³/mol. The van der Waals surface area contributed by atoms with Crippen molar-refractivity contribution in [3.63, 3.8) is 0 Å². The molecule has 0 bridgehead atoms. The van der Waals surface area contributed by atoms with Gasteiger partial charge in [0.15, 0.2) is 0 Å². The highest BCUT2D eigenvalue weighted by Crippen LogP contribution is 2.11. The van der Waals surface area contributed by atoms with E-state index in [4.69, 9.17) is 11.0 Å². The zero-order valence-electron chi connectivity index (χ0n) is 14.2. The minimum Gasteiger partial charge on any atom is -0.305 e. The Hall–Kier alpha value is -1.16. The lowest BCUT2D eigenvalue weighted by Gasteiger charge is -2.00. The van der Waals surface area contributed by atoms with Gasteiger partial charge in [0, 0.05) is 27.8 Å². The first-order chi connectivity index (χ1) is 9.55. The molecule has 0 saturated heterocycles. The average Bonchev–Trinajstić information content (AvgIpc) is 2.59. The molecule has 2 aromatic rings. The molecule has 0 aliphatic heterocycles. The summed E-state index contributed by atoms with van der Waals surface area (Å²) < 4.78 is 61.6. The minimum absolute atomic E-state index is 0.0186. The Morgan fingerprint density at radius 3 is 3.23 bits per heavy atom. The summed E-state index contributed by atoms with van der Waals surface area (Å²) in [5, 5.41) is 0. The Balaban J connectivity index is 2.89. The van der Waals surface area contributed by atoms with Gasteiger partial charge in [-0.2, -0.15) is 0 Å². The fourth-order valence-electron chi connectivity index (χ4n) is 0.762. The molecule has 0 N–H and O–H groups in total. The van der Waals surface area contributed by atoms with E-state index >= 15 is 0 Å². The van der Waals surface area contributed by atoms with Gasteiger partial charge in [0.05, 0.1) is 5.48 Å². The lowest BCUT2D eigenvalue weighted by atomic mass is 10.3. The Labute approximate surface area is 95.8 Å². The summed E-state index contributed by atoms with van der Waals surface area (Å²) in [7, 11) is 0. The summed E-state index contributed by atoms with van der Waals surface area (Å²) in [5.74, 6) is 0. The molecule has 0 aliphatic carbocycles. The Morgan fingerprint density at radius 1 is 1.62 bits per heavy atom. The largest absolute Gasteiger partial charge is 0.305 e. The van der Waals surface area contributed by atoms with E-state index in [-0.39, 0.29) is 16.5 Å². The highest BCUT2D eigenvalue weighted by atomic mass is 79.9. The van der Waals surface area contributed by atoms with Crippen LogP contribution in [0.25, 0.3) is 5.69 Å². The first-order valence-electron chi connectivity index (χ1n) is 7.25. The van der Waals surface area contributed by atoms with E-state index in [9.17, 15) is 0 Å². The van der Waals surface area contributed by atoms with Gasteiger partial charge in [-0.15, -0.1) is 0 Å². The molecule has 0 aliphatic rings. The van der Waals surface area contributed by atoms with E-state index in [0.717, 1.165) is 4.57 Å². The molecule has 0 radical (unpaired) electrons. The van der Waals surface area contributed by atoms with Crippen molar-refractivity contribution in [1.29, 1.82) is 0 Å². The maximum Gasteiger partial charge on any atom is 0.124 e. The van der Waals surface area contributed by atoms with Crippen LogP contribution in [-0.2, 0) is 0 Å². The lowest BCUT2D eigenvalue weighted by Crippen LogP contribution is -1.91. The van der Waals surface area contributed by atoms with Crippen LogP contribution in [0.15, 0.2) is 35.3 Å². The zero-order chi connectivity index (χ0) is 16.1. The van der Waals surface area contributed by atoms with E-state index in [2.05, 4.69) is 25.9 Å². The Morgan fingerprint density at radius 2 is 2.54 bits per heavy atom. The number of aryl methyl sites for hydroxylation is 1. The summed E-state index contributed by atoms with van der Waals surface area (Å²) in [6.45, 7) is -2.74. The van der Waals surface area contributed by atoms with Crippen LogP contribution in [0.3, 0.4) is 0 Å². The fourth-order valence-corrected chi connectivity index (χ4v) is 1.02. The van der Waals surface area contributed by atoms with Gasteiger partial charge in [0.25, 0.3) is 0 Å². The molecule has 0 saturated carbocycles. The van der Waals surface area contributed by atoms with E-state index < -0.39 is 37.1 Å². The van der Waals surface area contributed by atoms with Crippen LogP contribution in [0.1, 0.15) is 16.7 Å². The molecule has 0 spiro atoms. The van der Waals surface area contributed by atoms with Crippen LogP contribution in [0.4, 0.5) is 0 Å². The van der Waals surface area contributed by atoms with Gasteiger partial charge in [-0.1, -0.05) is 0 Å². The second-order valence-electron chi connectivity index (χ2n) is 2.12. The molecular weight excluding hydrogens is 230 g/mol. The fraction of sp³-hybridized carbons (Fsp3) is 0.111. The van der Waals surface area contributed by atoms with Crippen LogP contribution in [0, 0.1) is 6.85 Å². The molecular formula is C9H8BrN3. The number of aromatic nitrogens is 3. The van der Waals surface area contributed by atoms with Crippen LogP contribution >= 0.6 is 15.9 Å². The van der Waals surface area contributed by atoms with Crippen LogP contribution in [0.5, 0.6) is 0 Å². The number of rotatable bonds is 1. The van der Waals surface area contributed by atoms with Gasteiger partial charge in [-0.25, -0.2) is 4.98 Å². The van der Waals surface area contributed by atoms with Crippen molar-refractivity contribution in [3.05, 3.63) is 41.0 Å². The highest BCUT2D eigenvalue weighted by Gasteiger charge is 1.97. The Kier molecular flexibility index (Phi) is 0.813. The van der Waals surface area contributed by atoms with Crippen LogP contribution in [-0.4, -0.2) is 14.5 Å². The predicted octanol–water partition coefficient (Wildman–Crippen LogP) is 2.34. The molecule has 0 amide bonds. The van der Waals surface area contributed by atoms with Gasteiger partial charge in [0.1, 0.15) is 12.3 Å². The molecule has 4 heteroatoms. The molecule has 66 valence electrons. The molecule has 2 aromatic heterocycles. The van der Waals surface area contributed by atoms with E-state index in [1.54, 1.807) is 0 Å². The number of nitrogens with zero attached hydrogens (tertiary/aromatic N) is 3. The van der Waals surface area contributed by atoms with Gasteiger partial charge in [-0.05, 0) is 34.9 Å². The van der Waals surface area contributed by atoms with Crippen molar-refractivity contribution >= 4 is 15.9 Å². The third-order valence-electron chi connectivity index (χ3n) is 1.25. The summed E-state index contributed by atoms with van der Waals surface area (Å²) in [4.78, 5) is 7.12. The third-order valence-corrected chi connectivity index (χ3v) is 1.61. The molecule has 0 atom stereocenters. The van der Waals surface area contributed by atoms with Crippen LogP contribution in [0.2, 0.25) is 0 Å². The SMILES string of the molecule is [2H]c1nc(C([2H])([2H])[2H])c([2H])c(-n2c([2H])nc(Br)c2[2H])c1[2H]. The van der Waals surface area contributed by atoms with Gasteiger partial charge < -0.3 is 4.57 Å². The molecule has 0 aromatic carbocycles. The first kappa shape index (κ1) is 3.20. The number of hydrogen-bond donors (Lipinski definition) is 0. The maximum absolute atomic E-state index is 7.92. The summed E-state index contributed by atoms with van der Waals surface area (Å²) in [6.07, 6.45) is -1.41. The quantitative estimate of drug-likeness (QED) is 0.773. The van der Waals surface area contributed by atoms with Crippen molar-refractivity contribution in [1.82, 2.24) is 14.5 Å². The van der Waals surface area contributed by atoms with Crippen molar-refractivity contribution < 1.29 is 11.0 Å². The third kappa shape index (κ3) is 1.78.